The lowest BCUT2D eigenvalue weighted by Gasteiger charge is -2.38. The maximum Gasteiger partial charge on any atom is 0.0711 e. The lowest BCUT2D eigenvalue weighted by molar-refractivity contribution is -0.117. The van der Waals surface area contributed by atoms with Crippen LogP contribution in [0.5, 0.6) is 0 Å². The molecule has 1 aliphatic rings. The van der Waals surface area contributed by atoms with E-state index in [0.717, 1.165) is 13.2 Å². The van der Waals surface area contributed by atoms with Crippen molar-refractivity contribution >= 4 is 0 Å². The lowest BCUT2D eigenvalue weighted by Crippen LogP contribution is -2.53. The summed E-state index contributed by atoms with van der Waals surface area (Å²) < 4.78 is 5.23. The molecule has 0 saturated carbocycles. The highest BCUT2D eigenvalue weighted by atomic mass is 16.5. The average Bonchev–Trinajstić information content (AvgIpc) is 2.04. The summed E-state index contributed by atoms with van der Waals surface area (Å²) >= 11 is 0. The molecule has 0 amide bonds. The molecule has 0 bridgehead atoms. The van der Waals surface area contributed by atoms with Gasteiger partial charge in [-0.3, -0.25) is 0 Å². The number of hydrogen-bond donors (Lipinski definition) is 1. The maximum absolute atomic E-state index is 8.96. The summed E-state index contributed by atoms with van der Waals surface area (Å²) in [5, 5.41) is 13.1. The van der Waals surface area contributed by atoms with Crippen molar-refractivity contribution < 1.29 is 9.84 Å². The monoisotopic (exact) mass is 160 g/mol. The van der Waals surface area contributed by atoms with Crippen LogP contribution in [0.1, 0.15) is 0 Å². The first kappa shape index (κ1) is 8.93. The molecule has 1 aliphatic heterocycles. The van der Waals surface area contributed by atoms with Gasteiger partial charge in [-0.25, -0.2) is 10.0 Å². The molecule has 66 valence electrons. The fourth-order valence-corrected chi connectivity index (χ4v) is 1.32. The van der Waals surface area contributed by atoms with Gasteiger partial charge in [0, 0.05) is 20.6 Å². The number of hydrazine groups is 1. The number of aliphatic hydroxyl groups excluding tert-OH is 1. The Bertz CT molecular complexity index is 119. The molecule has 11 heavy (non-hydrogen) atoms. The van der Waals surface area contributed by atoms with Crippen LogP contribution in [0.3, 0.4) is 0 Å². The molecule has 4 heteroatoms. The Hall–Kier alpha value is -0.160. The molecule has 1 atom stereocenters. The largest absolute Gasteiger partial charge is 0.395 e. The molecule has 0 aromatic heterocycles. The van der Waals surface area contributed by atoms with Crippen molar-refractivity contribution in [2.45, 2.75) is 6.04 Å². The fraction of sp³-hybridized carbons (Fsp3) is 1.00. The molecule has 0 radical (unpaired) electrons. The predicted octanol–water partition coefficient (Wildman–Crippen LogP) is -0.844. The second kappa shape index (κ2) is 4.01. The topological polar surface area (TPSA) is 35.9 Å². The minimum absolute atomic E-state index is 0.138. The Morgan fingerprint density at radius 2 is 2.36 bits per heavy atom. The van der Waals surface area contributed by atoms with Gasteiger partial charge in [-0.1, -0.05) is 0 Å². The van der Waals surface area contributed by atoms with Gasteiger partial charge in [-0.15, -0.1) is 0 Å². The van der Waals surface area contributed by atoms with Crippen LogP contribution >= 0.6 is 0 Å². The summed E-state index contributed by atoms with van der Waals surface area (Å²) in [5.74, 6) is 0. The minimum Gasteiger partial charge on any atom is -0.395 e. The van der Waals surface area contributed by atoms with Crippen molar-refractivity contribution in [2.75, 3.05) is 40.5 Å². The third-order valence-corrected chi connectivity index (χ3v) is 1.92. The van der Waals surface area contributed by atoms with Crippen LogP contribution in [0.4, 0.5) is 0 Å². The van der Waals surface area contributed by atoms with E-state index in [1.165, 1.54) is 0 Å². The van der Waals surface area contributed by atoms with Gasteiger partial charge in [0.25, 0.3) is 0 Å². The van der Waals surface area contributed by atoms with Gasteiger partial charge in [0.05, 0.1) is 25.9 Å². The quantitative estimate of drug-likeness (QED) is 0.571. The van der Waals surface area contributed by atoms with Crippen LogP contribution in [-0.2, 0) is 4.74 Å². The summed E-state index contributed by atoms with van der Waals surface area (Å²) in [7, 11) is 3.96. The second-order valence-corrected chi connectivity index (χ2v) is 2.92. The molecule has 4 nitrogen and oxygen atoms in total. The first-order valence-corrected chi connectivity index (χ1v) is 3.88. The van der Waals surface area contributed by atoms with E-state index in [9.17, 15) is 0 Å². The van der Waals surface area contributed by atoms with Crippen molar-refractivity contribution in [3.63, 3.8) is 0 Å². The number of nitrogens with zero attached hydrogens (tertiary/aromatic N) is 2. The van der Waals surface area contributed by atoms with Gasteiger partial charge in [0.2, 0.25) is 0 Å². The standard InChI is InChI=1S/C7H16N2O2/c1-8(2)9-3-4-11-6-7(9)5-10/h7,10H,3-6H2,1-2H3. The Kier molecular flexibility index (Phi) is 3.26. The molecular weight excluding hydrogens is 144 g/mol. The molecule has 0 spiro atoms. The van der Waals surface area contributed by atoms with E-state index in [4.69, 9.17) is 9.84 Å². The van der Waals surface area contributed by atoms with Gasteiger partial charge >= 0.3 is 0 Å². The average molecular weight is 160 g/mol. The van der Waals surface area contributed by atoms with Crippen LogP contribution in [-0.4, -0.2) is 61.6 Å². The zero-order valence-corrected chi connectivity index (χ0v) is 7.16. The Morgan fingerprint density at radius 3 is 2.82 bits per heavy atom. The van der Waals surface area contributed by atoms with Crippen LogP contribution in [0.15, 0.2) is 0 Å². The third-order valence-electron chi connectivity index (χ3n) is 1.92. The molecule has 0 aromatic rings. The van der Waals surface area contributed by atoms with Crippen LogP contribution < -0.4 is 0 Å². The molecular formula is C7H16N2O2. The van der Waals surface area contributed by atoms with E-state index >= 15 is 0 Å². The van der Waals surface area contributed by atoms with Crippen molar-refractivity contribution in [1.82, 2.24) is 10.0 Å². The molecule has 1 heterocycles. The Morgan fingerprint density at radius 1 is 1.64 bits per heavy atom. The number of ether oxygens (including phenoxy) is 1. The SMILES string of the molecule is CN(C)N1CCOCC1CO. The number of hydrogen-bond acceptors (Lipinski definition) is 4. The summed E-state index contributed by atoms with van der Waals surface area (Å²) in [6, 6.07) is 0.138. The first-order chi connectivity index (χ1) is 5.25. The van der Waals surface area contributed by atoms with Gasteiger partial charge in [0.1, 0.15) is 0 Å². The molecule has 1 N–H and O–H groups in total. The Labute approximate surface area is 67.3 Å². The van der Waals surface area contributed by atoms with Gasteiger partial charge in [0.15, 0.2) is 0 Å². The second-order valence-electron chi connectivity index (χ2n) is 2.92. The number of aliphatic hydroxyl groups is 1. The smallest absolute Gasteiger partial charge is 0.0711 e. The predicted molar refractivity (Wildman–Crippen MR) is 42.1 cm³/mol. The molecule has 0 aliphatic carbocycles. The lowest BCUT2D eigenvalue weighted by atomic mass is 10.3. The van der Waals surface area contributed by atoms with Gasteiger partial charge in [-0.2, -0.15) is 0 Å². The highest BCUT2D eigenvalue weighted by Crippen LogP contribution is 2.06. The van der Waals surface area contributed by atoms with Crippen molar-refractivity contribution in [1.29, 1.82) is 0 Å². The zero-order valence-electron chi connectivity index (χ0n) is 7.16. The van der Waals surface area contributed by atoms with Crippen molar-refractivity contribution in [3.05, 3.63) is 0 Å². The summed E-state index contributed by atoms with van der Waals surface area (Å²) in [4.78, 5) is 0. The van der Waals surface area contributed by atoms with Crippen molar-refractivity contribution in [3.8, 4) is 0 Å². The molecule has 1 fully saturated rings. The van der Waals surface area contributed by atoms with Crippen LogP contribution in [0.25, 0.3) is 0 Å². The van der Waals surface area contributed by atoms with Gasteiger partial charge < -0.3 is 9.84 Å². The van der Waals surface area contributed by atoms with E-state index in [1.54, 1.807) is 0 Å². The number of rotatable bonds is 2. The van der Waals surface area contributed by atoms with Crippen LogP contribution in [0, 0.1) is 0 Å². The molecule has 1 unspecified atom stereocenters. The molecule has 1 saturated heterocycles. The molecule has 1 rings (SSSR count). The normalized spacial score (nSPS) is 27.8. The van der Waals surface area contributed by atoms with E-state index in [0.29, 0.717) is 6.61 Å². The minimum atomic E-state index is 0.138. The van der Waals surface area contributed by atoms with E-state index in [1.807, 2.05) is 19.1 Å². The first-order valence-electron chi connectivity index (χ1n) is 3.88. The van der Waals surface area contributed by atoms with E-state index < -0.39 is 0 Å². The Balaban J connectivity index is 2.44. The number of morpholine rings is 1. The highest BCUT2D eigenvalue weighted by molar-refractivity contribution is 4.70. The summed E-state index contributed by atoms with van der Waals surface area (Å²) in [6.45, 7) is 2.43. The third kappa shape index (κ3) is 2.13. The zero-order chi connectivity index (χ0) is 8.27. The van der Waals surface area contributed by atoms with E-state index in [2.05, 4.69) is 5.01 Å². The molecule has 0 aromatic carbocycles. The van der Waals surface area contributed by atoms with E-state index in [-0.39, 0.29) is 12.6 Å². The summed E-state index contributed by atoms with van der Waals surface area (Å²) in [6.07, 6.45) is 0. The van der Waals surface area contributed by atoms with Gasteiger partial charge in [-0.05, 0) is 0 Å². The fourth-order valence-electron chi connectivity index (χ4n) is 1.32. The highest BCUT2D eigenvalue weighted by Gasteiger charge is 2.23. The van der Waals surface area contributed by atoms with Crippen LogP contribution in [0.2, 0.25) is 0 Å². The maximum atomic E-state index is 8.96. The van der Waals surface area contributed by atoms with Crippen molar-refractivity contribution in [2.24, 2.45) is 0 Å². The summed E-state index contributed by atoms with van der Waals surface area (Å²) in [5.41, 5.74) is 0.